The van der Waals surface area contributed by atoms with Crippen molar-refractivity contribution in [2.24, 2.45) is 0 Å². The largest absolute Gasteiger partial charge is 0.487 e. The molecule has 0 aliphatic rings. The number of aryl methyl sites for hydroxylation is 1. The Morgan fingerprint density at radius 3 is 2.54 bits per heavy atom. The van der Waals surface area contributed by atoms with E-state index in [-0.39, 0.29) is 10.8 Å². The van der Waals surface area contributed by atoms with Crippen LogP contribution < -0.4 is 19.2 Å². The van der Waals surface area contributed by atoms with Crippen LogP contribution in [0, 0.1) is 6.92 Å². The van der Waals surface area contributed by atoms with Crippen LogP contribution in [0.5, 0.6) is 11.5 Å². The first kappa shape index (κ1) is 17.8. The Bertz CT molecular complexity index is 967. The Kier molecular flexibility index (Phi) is 5.13. The molecular weight excluding hydrogens is 356 g/mol. The van der Waals surface area contributed by atoms with Gasteiger partial charge in [-0.2, -0.15) is 8.42 Å². The lowest BCUT2D eigenvalue weighted by molar-refractivity contribution is -0.697. The molecule has 1 aromatic carbocycles. The third-order valence-electron chi connectivity index (χ3n) is 3.51. The van der Waals surface area contributed by atoms with Gasteiger partial charge in [0.2, 0.25) is 0 Å². The average Bonchev–Trinajstić information content (AvgIpc) is 3.11. The van der Waals surface area contributed by atoms with Crippen molar-refractivity contribution < 1.29 is 26.3 Å². The Labute approximate surface area is 151 Å². The molecule has 8 heteroatoms. The van der Waals surface area contributed by atoms with Crippen LogP contribution in [0.1, 0.15) is 5.56 Å². The minimum Gasteiger partial charge on any atom is -0.487 e. The molecule has 0 spiro atoms. The minimum absolute atomic E-state index is 0.163. The van der Waals surface area contributed by atoms with Gasteiger partial charge in [-0.05, 0) is 36.8 Å². The molecule has 3 aromatic rings. The van der Waals surface area contributed by atoms with Gasteiger partial charge in [0.1, 0.15) is 18.1 Å². The zero-order valence-electron chi connectivity index (χ0n) is 14.2. The molecule has 0 aliphatic heterocycles. The molecular formula is C18H19N2O5S+. The summed E-state index contributed by atoms with van der Waals surface area (Å²) in [5.74, 6) is 0.683. The molecule has 0 aliphatic carbocycles. The van der Waals surface area contributed by atoms with E-state index in [0.717, 1.165) is 5.56 Å². The molecule has 0 unspecified atom stereocenters. The summed E-state index contributed by atoms with van der Waals surface area (Å²) in [5, 5.41) is -0.249. The lowest BCUT2D eigenvalue weighted by atomic mass is 10.2. The van der Waals surface area contributed by atoms with Crippen LogP contribution >= 0.6 is 0 Å². The van der Waals surface area contributed by atoms with E-state index in [4.69, 9.17) is 19.1 Å². The number of anilines is 1. The summed E-state index contributed by atoms with van der Waals surface area (Å²) in [4.78, 5) is 0. The third-order valence-corrected chi connectivity index (χ3v) is 4.64. The van der Waals surface area contributed by atoms with Gasteiger partial charge in [0.15, 0.2) is 18.9 Å². The highest BCUT2D eigenvalue weighted by atomic mass is 32.2. The van der Waals surface area contributed by atoms with Crippen LogP contribution in [0.3, 0.4) is 0 Å². The SMILES string of the molecule is Cc1cc(OCC[n+]2ccc(N)cc2)cc(OS(=O)(=O)c2ccco2)c1. The van der Waals surface area contributed by atoms with E-state index in [0.29, 0.717) is 24.6 Å². The summed E-state index contributed by atoms with van der Waals surface area (Å²) in [6, 6.07) is 11.4. The Morgan fingerprint density at radius 2 is 1.85 bits per heavy atom. The van der Waals surface area contributed by atoms with Crippen molar-refractivity contribution in [2.75, 3.05) is 12.3 Å². The van der Waals surface area contributed by atoms with Gasteiger partial charge in [0.25, 0.3) is 5.09 Å². The van der Waals surface area contributed by atoms with E-state index < -0.39 is 10.1 Å². The molecule has 7 nitrogen and oxygen atoms in total. The van der Waals surface area contributed by atoms with Gasteiger partial charge in [-0.3, -0.25) is 0 Å². The third kappa shape index (κ3) is 4.54. The van der Waals surface area contributed by atoms with Gasteiger partial charge in [-0.15, -0.1) is 0 Å². The van der Waals surface area contributed by atoms with Crippen LogP contribution in [-0.4, -0.2) is 15.0 Å². The lowest BCUT2D eigenvalue weighted by Crippen LogP contribution is -2.35. The highest BCUT2D eigenvalue weighted by molar-refractivity contribution is 7.87. The van der Waals surface area contributed by atoms with E-state index in [1.54, 1.807) is 24.3 Å². The topological polar surface area (TPSA) is 95.6 Å². The summed E-state index contributed by atoms with van der Waals surface area (Å²) in [6.45, 7) is 2.85. The van der Waals surface area contributed by atoms with E-state index >= 15 is 0 Å². The fraction of sp³-hybridized carbons (Fsp3) is 0.167. The van der Waals surface area contributed by atoms with Crippen molar-refractivity contribution in [2.45, 2.75) is 18.6 Å². The Morgan fingerprint density at radius 1 is 1.12 bits per heavy atom. The molecule has 0 atom stereocenters. The second-order valence-electron chi connectivity index (χ2n) is 5.67. The van der Waals surface area contributed by atoms with Crippen molar-refractivity contribution in [3.05, 3.63) is 66.7 Å². The number of hydrogen-bond donors (Lipinski definition) is 1. The second-order valence-corrected chi connectivity index (χ2v) is 7.15. The number of aromatic nitrogens is 1. The number of nitrogen functional groups attached to an aromatic ring is 1. The normalized spacial score (nSPS) is 11.3. The maximum absolute atomic E-state index is 12.1. The first-order valence-corrected chi connectivity index (χ1v) is 9.30. The first-order chi connectivity index (χ1) is 12.4. The summed E-state index contributed by atoms with van der Waals surface area (Å²) in [7, 11) is -4.01. The molecule has 0 bridgehead atoms. The van der Waals surface area contributed by atoms with Crippen molar-refractivity contribution >= 4 is 15.8 Å². The number of benzene rings is 1. The van der Waals surface area contributed by atoms with E-state index in [1.807, 2.05) is 23.9 Å². The number of furan rings is 1. The van der Waals surface area contributed by atoms with Crippen molar-refractivity contribution in [3.63, 3.8) is 0 Å². The molecule has 136 valence electrons. The quantitative estimate of drug-likeness (QED) is 0.503. The number of hydrogen-bond acceptors (Lipinski definition) is 6. The molecule has 0 radical (unpaired) electrons. The van der Waals surface area contributed by atoms with Crippen molar-refractivity contribution in [1.82, 2.24) is 0 Å². The zero-order valence-corrected chi connectivity index (χ0v) is 15.0. The Hall–Kier alpha value is -3.00. The van der Waals surface area contributed by atoms with Crippen LogP contribution in [0.25, 0.3) is 0 Å². The van der Waals surface area contributed by atoms with Gasteiger partial charge in [-0.1, -0.05) is 0 Å². The molecule has 3 rings (SSSR count). The molecule has 2 aromatic heterocycles. The monoisotopic (exact) mass is 375 g/mol. The smallest absolute Gasteiger partial charge is 0.373 e. The van der Waals surface area contributed by atoms with E-state index in [9.17, 15) is 8.42 Å². The van der Waals surface area contributed by atoms with Gasteiger partial charge < -0.3 is 19.1 Å². The van der Waals surface area contributed by atoms with Gasteiger partial charge in [0, 0.05) is 23.9 Å². The fourth-order valence-corrected chi connectivity index (χ4v) is 3.16. The molecule has 0 fully saturated rings. The number of rotatable bonds is 7. The average molecular weight is 375 g/mol. The van der Waals surface area contributed by atoms with E-state index in [1.165, 1.54) is 24.5 Å². The fourth-order valence-electron chi connectivity index (χ4n) is 2.31. The predicted molar refractivity (Wildman–Crippen MR) is 94.2 cm³/mol. The number of ether oxygens (including phenoxy) is 1. The summed E-state index contributed by atoms with van der Waals surface area (Å²) < 4.78 is 42.0. The number of nitrogens with two attached hydrogens (primary N) is 1. The second kappa shape index (κ2) is 7.49. The van der Waals surface area contributed by atoms with Gasteiger partial charge >= 0.3 is 10.1 Å². The lowest BCUT2D eigenvalue weighted by Gasteiger charge is -2.09. The van der Waals surface area contributed by atoms with Crippen LogP contribution in [0.15, 0.2) is 70.6 Å². The molecule has 26 heavy (non-hydrogen) atoms. The summed E-state index contributed by atoms with van der Waals surface area (Å²) >= 11 is 0. The van der Waals surface area contributed by atoms with Crippen LogP contribution in [-0.2, 0) is 16.7 Å². The molecule has 0 saturated carbocycles. The highest BCUT2D eigenvalue weighted by Crippen LogP contribution is 2.25. The van der Waals surface area contributed by atoms with Gasteiger partial charge in [0.05, 0.1) is 6.26 Å². The standard InChI is InChI=1S/C18H18N2O5S/c1-14-11-16(23-10-8-20-6-4-15(19)5-7-20)13-17(12-14)25-26(21,22)18-3-2-9-24-18/h2-7,9,11-13,19H,8,10H2,1H3/p+1. The predicted octanol–water partition coefficient (Wildman–Crippen LogP) is 2.30. The first-order valence-electron chi connectivity index (χ1n) is 7.89. The van der Waals surface area contributed by atoms with E-state index in [2.05, 4.69) is 0 Å². The van der Waals surface area contributed by atoms with Crippen molar-refractivity contribution in [3.8, 4) is 11.5 Å². The maximum atomic E-state index is 12.1. The van der Waals surface area contributed by atoms with Crippen LogP contribution in [0.2, 0.25) is 0 Å². The van der Waals surface area contributed by atoms with Gasteiger partial charge in [-0.25, -0.2) is 4.57 Å². The Balaban J connectivity index is 1.66. The zero-order chi connectivity index (χ0) is 18.6. The summed E-state index contributed by atoms with van der Waals surface area (Å²) in [5.41, 5.74) is 7.16. The highest BCUT2D eigenvalue weighted by Gasteiger charge is 2.20. The maximum Gasteiger partial charge on any atom is 0.373 e. The molecule has 0 saturated heterocycles. The number of pyridine rings is 1. The van der Waals surface area contributed by atoms with Crippen LogP contribution in [0.4, 0.5) is 5.69 Å². The molecule has 0 amide bonds. The minimum atomic E-state index is -4.01. The summed E-state index contributed by atoms with van der Waals surface area (Å²) in [6.07, 6.45) is 4.99. The number of nitrogens with zero attached hydrogens (tertiary/aromatic N) is 1. The molecule has 2 N–H and O–H groups in total. The molecule has 2 heterocycles. The van der Waals surface area contributed by atoms with Crippen molar-refractivity contribution in [1.29, 1.82) is 0 Å².